The van der Waals surface area contributed by atoms with Crippen LogP contribution in [0.15, 0.2) is 30.5 Å². The second-order valence-electron chi connectivity index (χ2n) is 5.39. The van der Waals surface area contributed by atoms with Gasteiger partial charge in [-0.25, -0.2) is 4.98 Å². The molecule has 1 aliphatic carbocycles. The van der Waals surface area contributed by atoms with E-state index in [0.29, 0.717) is 11.2 Å². The fourth-order valence-electron chi connectivity index (χ4n) is 3.14. The molecular formula is C16H21N3S. The Bertz CT molecular complexity index is 579. The molecule has 1 aromatic heterocycles. The van der Waals surface area contributed by atoms with E-state index in [4.69, 9.17) is 5.73 Å². The zero-order valence-electron chi connectivity index (χ0n) is 11.9. The van der Waals surface area contributed by atoms with E-state index in [-0.39, 0.29) is 0 Å². The molecule has 2 N–H and O–H groups in total. The van der Waals surface area contributed by atoms with E-state index < -0.39 is 0 Å². The van der Waals surface area contributed by atoms with Crippen LogP contribution in [-0.4, -0.2) is 16.4 Å². The van der Waals surface area contributed by atoms with Crippen molar-refractivity contribution in [1.82, 2.24) is 9.88 Å². The van der Waals surface area contributed by atoms with Crippen molar-refractivity contribution in [3.05, 3.63) is 46.5 Å². The summed E-state index contributed by atoms with van der Waals surface area (Å²) in [6.07, 6.45) is 5.52. The number of hydrogen-bond acceptors (Lipinski definition) is 4. The molecule has 0 saturated heterocycles. The van der Waals surface area contributed by atoms with Gasteiger partial charge in [-0.05, 0) is 36.9 Å². The number of nitrogens with zero attached hydrogens (tertiary/aromatic N) is 2. The van der Waals surface area contributed by atoms with Crippen molar-refractivity contribution in [1.29, 1.82) is 0 Å². The van der Waals surface area contributed by atoms with Crippen molar-refractivity contribution in [2.45, 2.75) is 38.8 Å². The molecule has 0 fully saturated rings. The first kappa shape index (κ1) is 13.6. The van der Waals surface area contributed by atoms with Gasteiger partial charge in [0.2, 0.25) is 0 Å². The van der Waals surface area contributed by atoms with E-state index in [9.17, 15) is 0 Å². The van der Waals surface area contributed by atoms with Crippen LogP contribution in [0.4, 0.5) is 5.13 Å². The van der Waals surface area contributed by atoms with E-state index in [0.717, 1.165) is 13.1 Å². The monoisotopic (exact) mass is 287 g/mol. The summed E-state index contributed by atoms with van der Waals surface area (Å²) in [6, 6.07) is 9.41. The minimum Gasteiger partial charge on any atom is -0.375 e. The highest BCUT2D eigenvalue weighted by Crippen LogP contribution is 2.36. The summed E-state index contributed by atoms with van der Waals surface area (Å²) in [5, 5.41) is 0.670. The molecule has 20 heavy (non-hydrogen) atoms. The molecule has 0 saturated carbocycles. The lowest BCUT2D eigenvalue weighted by Crippen LogP contribution is -2.27. The molecular weight excluding hydrogens is 266 g/mol. The van der Waals surface area contributed by atoms with Crippen molar-refractivity contribution in [3.8, 4) is 0 Å². The molecule has 0 spiro atoms. The van der Waals surface area contributed by atoms with E-state index in [2.05, 4.69) is 41.1 Å². The Balaban J connectivity index is 1.81. The molecule has 106 valence electrons. The zero-order valence-corrected chi connectivity index (χ0v) is 12.7. The van der Waals surface area contributed by atoms with E-state index in [1.807, 2.05) is 6.20 Å². The molecule has 1 atom stereocenters. The van der Waals surface area contributed by atoms with E-state index in [1.54, 1.807) is 11.3 Å². The van der Waals surface area contributed by atoms with Gasteiger partial charge in [0, 0.05) is 23.7 Å². The Hall–Kier alpha value is -1.39. The van der Waals surface area contributed by atoms with Crippen molar-refractivity contribution in [2.75, 3.05) is 12.3 Å². The fourth-order valence-corrected chi connectivity index (χ4v) is 3.85. The van der Waals surface area contributed by atoms with Crippen LogP contribution in [0.25, 0.3) is 0 Å². The lowest BCUT2D eigenvalue weighted by Gasteiger charge is -2.28. The highest BCUT2D eigenvalue weighted by atomic mass is 32.1. The molecule has 0 aliphatic heterocycles. The maximum absolute atomic E-state index is 5.75. The number of aryl methyl sites for hydroxylation is 1. The first-order valence-corrected chi connectivity index (χ1v) is 8.11. The number of anilines is 1. The molecule has 1 heterocycles. The standard InChI is InChI=1S/C16H21N3S/c1-2-9-19(11-13-10-18-16(17)20-13)15-8-7-12-5-3-4-6-14(12)15/h3-6,10,15H,2,7-9,11H2,1H3,(H2,17,18). The number of fused-ring (bicyclic) bond motifs is 1. The minimum atomic E-state index is 0.550. The number of hydrogen-bond donors (Lipinski definition) is 1. The van der Waals surface area contributed by atoms with Crippen LogP contribution in [0.2, 0.25) is 0 Å². The van der Waals surface area contributed by atoms with Crippen molar-refractivity contribution in [2.24, 2.45) is 0 Å². The highest BCUT2D eigenvalue weighted by Gasteiger charge is 2.27. The van der Waals surface area contributed by atoms with Crippen LogP contribution in [0.1, 0.15) is 41.8 Å². The Morgan fingerprint density at radius 3 is 3.00 bits per heavy atom. The number of aromatic nitrogens is 1. The Morgan fingerprint density at radius 1 is 1.40 bits per heavy atom. The van der Waals surface area contributed by atoms with Crippen LogP contribution in [0, 0.1) is 0 Å². The normalized spacial score (nSPS) is 17.6. The predicted octanol–water partition coefficient (Wildman–Crippen LogP) is 3.62. The summed E-state index contributed by atoms with van der Waals surface area (Å²) in [4.78, 5) is 8.02. The van der Waals surface area contributed by atoms with Gasteiger partial charge in [-0.3, -0.25) is 4.90 Å². The topological polar surface area (TPSA) is 42.2 Å². The van der Waals surface area contributed by atoms with Gasteiger partial charge in [-0.1, -0.05) is 31.2 Å². The third-order valence-electron chi connectivity index (χ3n) is 3.98. The number of benzene rings is 1. The second-order valence-corrected chi connectivity index (χ2v) is 6.54. The number of thiazole rings is 1. The van der Waals surface area contributed by atoms with Gasteiger partial charge in [0.05, 0.1) is 0 Å². The molecule has 4 heteroatoms. The highest BCUT2D eigenvalue weighted by molar-refractivity contribution is 7.15. The van der Waals surface area contributed by atoms with Crippen LogP contribution in [-0.2, 0) is 13.0 Å². The molecule has 3 nitrogen and oxygen atoms in total. The number of rotatable bonds is 5. The van der Waals surface area contributed by atoms with Gasteiger partial charge in [-0.15, -0.1) is 11.3 Å². The van der Waals surface area contributed by atoms with Gasteiger partial charge >= 0.3 is 0 Å². The molecule has 1 unspecified atom stereocenters. The Kier molecular flexibility index (Phi) is 4.03. The Morgan fingerprint density at radius 2 is 2.25 bits per heavy atom. The molecule has 1 aliphatic rings. The summed E-state index contributed by atoms with van der Waals surface area (Å²) >= 11 is 1.61. The molecule has 0 bridgehead atoms. The summed E-state index contributed by atoms with van der Waals surface area (Å²) in [6.45, 7) is 4.33. The predicted molar refractivity (Wildman–Crippen MR) is 84.7 cm³/mol. The van der Waals surface area contributed by atoms with Crippen molar-refractivity contribution < 1.29 is 0 Å². The van der Waals surface area contributed by atoms with E-state index in [1.165, 1.54) is 35.3 Å². The molecule has 0 radical (unpaired) electrons. The van der Waals surface area contributed by atoms with Gasteiger partial charge in [-0.2, -0.15) is 0 Å². The third-order valence-corrected chi connectivity index (χ3v) is 4.79. The van der Waals surface area contributed by atoms with Crippen molar-refractivity contribution in [3.63, 3.8) is 0 Å². The lowest BCUT2D eigenvalue weighted by molar-refractivity contribution is 0.189. The Labute approximate surface area is 124 Å². The first-order valence-electron chi connectivity index (χ1n) is 7.30. The molecule has 3 rings (SSSR count). The maximum Gasteiger partial charge on any atom is 0.180 e. The van der Waals surface area contributed by atoms with E-state index >= 15 is 0 Å². The van der Waals surface area contributed by atoms with Gasteiger partial charge < -0.3 is 5.73 Å². The number of nitrogen functional groups attached to an aromatic ring is 1. The first-order chi connectivity index (χ1) is 9.78. The number of nitrogens with two attached hydrogens (primary N) is 1. The molecule has 0 amide bonds. The summed E-state index contributed by atoms with van der Waals surface area (Å²) in [7, 11) is 0. The second kappa shape index (κ2) is 5.94. The molecule has 1 aromatic carbocycles. The lowest BCUT2D eigenvalue weighted by atomic mass is 10.1. The molecule has 2 aromatic rings. The quantitative estimate of drug-likeness (QED) is 0.913. The van der Waals surface area contributed by atoms with Gasteiger partial charge in [0.15, 0.2) is 5.13 Å². The van der Waals surface area contributed by atoms with Crippen LogP contribution in [0.3, 0.4) is 0 Å². The van der Waals surface area contributed by atoms with Gasteiger partial charge in [0.25, 0.3) is 0 Å². The maximum atomic E-state index is 5.75. The zero-order chi connectivity index (χ0) is 13.9. The summed E-state index contributed by atoms with van der Waals surface area (Å²) in [5.74, 6) is 0. The third kappa shape index (κ3) is 2.72. The largest absolute Gasteiger partial charge is 0.375 e. The minimum absolute atomic E-state index is 0.550. The summed E-state index contributed by atoms with van der Waals surface area (Å²) in [5.41, 5.74) is 8.78. The SMILES string of the molecule is CCCN(Cc1cnc(N)s1)C1CCc2ccccc21. The van der Waals surface area contributed by atoms with Crippen LogP contribution in [0.5, 0.6) is 0 Å². The van der Waals surface area contributed by atoms with Gasteiger partial charge in [0.1, 0.15) is 0 Å². The van der Waals surface area contributed by atoms with Crippen LogP contribution >= 0.6 is 11.3 Å². The fraction of sp³-hybridized carbons (Fsp3) is 0.438. The smallest absolute Gasteiger partial charge is 0.180 e. The van der Waals surface area contributed by atoms with Crippen molar-refractivity contribution >= 4 is 16.5 Å². The average molecular weight is 287 g/mol. The summed E-state index contributed by atoms with van der Waals surface area (Å²) < 4.78 is 0. The van der Waals surface area contributed by atoms with Crippen LogP contribution < -0.4 is 5.73 Å². The average Bonchev–Trinajstić information content (AvgIpc) is 3.04.